The quantitative estimate of drug-likeness (QED) is 0.792. The SMILES string of the molecule is Cc1ccsc1CNc1cncc(-n2cccn2)n1. The topological polar surface area (TPSA) is 55.6 Å². The van der Waals surface area contributed by atoms with E-state index in [9.17, 15) is 0 Å². The third kappa shape index (κ3) is 2.63. The monoisotopic (exact) mass is 271 g/mol. The van der Waals surface area contributed by atoms with E-state index >= 15 is 0 Å². The molecular formula is C13H13N5S. The summed E-state index contributed by atoms with van der Waals surface area (Å²) in [4.78, 5) is 9.97. The van der Waals surface area contributed by atoms with Crippen LogP contribution in [-0.4, -0.2) is 19.7 Å². The van der Waals surface area contributed by atoms with Crippen molar-refractivity contribution in [1.29, 1.82) is 0 Å². The van der Waals surface area contributed by atoms with Gasteiger partial charge in [0.05, 0.1) is 18.9 Å². The van der Waals surface area contributed by atoms with Crippen LogP contribution < -0.4 is 5.32 Å². The van der Waals surface area contributed by atoms with Crippen LogP contribution in [0.5, 0.6) is 0 Å². The van der Waals surface area contributed by atoms with Crippen LogP contribution in [0.4, 0.5) is 5.82 Å². The molecule has 0 atom stereocenters. The zero-order valence-electron chi connectivity index (χ0n) is 10.4. The van der Waals surface area contributed by atoms with E-state index < -0.39 is 0 Å². The van der Waals surface area contributed by atoms with Gasteiger partial charge in [0.1, 0.15) is 5.82 Å². The Labute approximate surface area is 115 Å². The molecule has 0 aromatic carbocycles. The average molecular weight is 271 g/mol. The van der Waals surface area contributed by atoms with Crippen LogP contribution in [0.25, 0.3) is 5.82 Å². The molecule has 0 bridgehead atoms. The van der Waals surface area contributed by atoms with Gasteiger partial charge in [0.15, 0.2) is 5.82 Å². The van der Waals surface area contributed by atoms with E-state index in [1.807, 2.05) is 12.3 Å². The average Bonchev–Trinajstić information content (AvgIpc) is 3.08. The van der Waals surface area contributed by atoms with Gasteiger partial charge < -0.3 is 5.32 Å². The van der Waals surface area contributed by atoms with Crippen molar-refractivity contribution < 1.29 is 0 Å². The van der Waals surface area contributed by atoms with Crippen molar-refractivity contribution >= 4 is 17.2 Å². The molecule has 5 nitrogen and oxygen atoms in total. The van der Waals surface area contributed by atoms with E-state index in [1.54, 1.807) is 34.6 Å². The van der Waals surface area contributed by atoms with Gasteiger partial charge in [-0.25, -0.2) is 9.67 Å². The number of aromatic nitrogens is 4. The first-order chi connectivity index (χ1) is 9.33. The van der Waals surface area contributed by atoms with Gasteiger partial charge in [-0.1, -0.05) is 0 Å². The molecule has 19 heavy (non-hydrogen) atoms. The van der Waals surface area contributed by atoms with Crippen LogP contribution in [0.1, 0.15) is 10.4 Å². The second-order valence-electron chi connectivity index (χ2n) is 4.09. The maximum absolute atomic E-state index is 4.48. The summed E-state index contributed by atoms with van der Waals surface area (Å²) in [7, 11) is 0. The van der Waals surface area contributed by atoms with Gasteiger partial charge >= 0.3 is 0 Å². The van der Waals surface area contributed by atoms with Crippen molar-refractivity contribution in [1.82, 2.24) is 19.7 Å². The number of nitrogens with zero attached hydrogens (tertiary/aromatic N) is 4. The summed E-state index contributed by atoms with van der Waals surface area (Å²) in [5.74, 6) is 1.46. The molecule has 96 valence electrons. The van der Waals surface area contributed by atoms with Crippen molar-refractivity contribution in [3.63, 3.8) is 0 Å². The smallest absolute Gasteiger partial charge is 0.173 e. The third-order valence-corrected chi connectivity index (χ3v) is 3.78. The van der Waals surface area contributed by atoms with Gasteiger partial charge in [0, 0.05) is 17.3 Å². The number of rotatable bonds is 4. The van der Waals surface area contributed by atoms with Crippen LogP contribution in [-0.2, 0) is 6.54 Å². The fraction of sp³-hybridized carbons (Fsp3) is 0.154. The molecule has 3 rings (SSSR count). The van der Waals surface area contributed by atoms with Crippen molar-refractivity contribution in [3.8, 4) is 5.82 Å². The van der Waals surface area contributed by atoms with Crippen molar-refractivity contribution in [3.05, 3.63) is 52.7 Å². The molecular weight excluding hydrogens is 258 g/mol. The third-order valence-electron chi connectivity index (χ3n) is 2.76. The lowest BCUT2D eigenvalue weighted by molar-refractivity contribution is 0.837. The largest absolute Gasteiger partial charge is 0.364 e. The Balaban J connectivity index is 1.75. The number of thiophene rings is 1. The molecule has 1 N–H and O–H groups in total. The van der Waals surface area contributed by atoms with Gasteiger partial charge in [-0.15, -0.1) is 11.3 Å². The minimum Gasteiger partial charge on any atom is -0.364 e. The Bertz CT molecular complexity index is 659. The van der Waals surface area contributed by atoms with Gasteiger partial charge in [-0.05, 0) is 30.0 Å². The Morgan fingerprint density at radius 1 is 1.37 bits per heavy atom. The number of hydrogen-bond acceptors (Lipinski definition) is 5. The highest BCUT2D eigenvalue weighted by Gasteiger charge is 2.03. The van der Waals surface area contributed by atoms with Gasteiger partial charge in [0.25, 0.3) is 0 Å². The molecule has 0 radical (unpaired) electrons. The normalized spacial score (nSPS) is 10.6. The minimum absolute atomic E-state index is 0.706. The van der Waals surface area contributed by atoms with Crippen LogP contribution in [0, 0.1) is 6.92 Å². The lowest BCUT2D eigenvalue weighted by Crippen LogP contribution is -2.05. The molecule has 0 saturated carbocycles. The molecule has 0 fully saturated rings. The Kier molecular flexibility index (Phi) is 3.24. The molecule has 6 heteroatoms. The molecule has 0 aliphatic carbocycles. The summed E-state index contributed by atoms with van der Waals surface area (Å²) in [6, 6.07) is 3.98. The van der Waals surface area contributed by atoms with Gasteiger partial charge in [-0.2, -0.15) is 5.10 Å². The highest BCUT2D eigenvalue weighted by molar-refractivity contribution is 7.10. The van der Waals surface area contributed by atoms with Gasteiger partial charge in [-0.3, -0.25) is 4.98 Å². The molecule has 3 heterocycles. The summed E-state index contributed by atoms with van der Waals surface area (Å²) in [6.45, 7) is 2.88. The van der Waals surface area contributed by atoms with Crippen molar-refractivity contribution in [2.24, 2.45) is 0 Å². The summed E-state index contributed by atoms with van der Waals surface area (Å²) < 4.78 is 1.69. The van der Waals surface area contributed by atoms with Crippen molar-refractivity contribution in [2.75, 3.05) is 5.32 Å². The molecule has 3 aromatic rings. The molecule has 0 aliphatic rings. The first-order valence-corrected chi connectivity index (χ1v) is 6.80. The number of hydrogen-bond donors (Lipinski definition) is 1. The van der Waals surface area contributed by atoms with Crippen LogP contribution in [0.2, 0.25) is 0 Å². The zero-order valence-corrected chi connectivity index (χ0v) is 11.3. The van der Waals surface area contributed by atoms with Crippen LogP contribution in [0.15, 0.2) is 42.3 Å². The number of nitrogens with one attached hydrogen (secondary N) is 1. The van der Waals surface area contributed by atoms with E-state index in [0.29, 0.717) is 5.82 Å². The van der Waals surface area contributed by atoms with Gasteiger partial charge in [0.2, 0.25) is 0 Å². The lowest BCUT2D eigenvalue weighted by Gasteiger charge is -2.06. The van der Waals surface area contributed by atoms with Crippen LogP contribution in [0.3, 0.4) is 0 Å². The second kappa shape index (κ2) is 5.19. The van der Waals surface area contributed by atoms with Crippen LogP contribution >= 0.6 is 11.3 Å². The fourth-order valence-electron chi connectivity index (χ4n) is 1.71. The predicted octanol–water partition coefficient (Wildman–Crippen LogP) is 2.64. The lowest BCUT2D eigenvalue weighted by atomic mass is 10.3. The maximum atomic E-state index is 4.48. The van der Waals surface area contributed by atoms with E-state index in [1.165, 1.54) is 10.4 Å². The zero-order chi connectivity index (χ0) is 13.1. The Morgan fingerprint density at radius 3 is 3.05 bits per heavy atom. The molecule has 0 aliphatic heterocycles. The fourth-order valence-corrected chi connectivity index (χ4v) is 2.56. The first-order valence-electron chi connectivity index (χ1n) is 5.92. The predicted molar refractivity (Wildman–Crippen MR) is 75.5 cm³/mol. The van der Waals surface area contributed by atoms with E-state index in [0.717, 1.165) is 12.4 Å². The highest BCUT2D eigenvalue weighted by Crippen LogP contribution is 2.17. The second-order valence-corrected chi connectivity index (χ2v) is 5.09. The minimum atomic E-state index is 0.706. The van der Waals surface area contributed by atoms with Crippen molar-refractivity contribution in [2.45, 2.75) is 13.5 Å². The Hall–Kier alpha value is -2.21. The maximum Gasteiger partial charge on any atom is 0.173 e. The highest BCUT2D eigenvalue weighted by atomic mass is 32.1. The van der Waals surface area contributed by atoms with E-state index in [4.69, 9.17) is 0 Å². The molecule has 3 aromatic heterocycles. The number of anilines is 1. The molecule has 0 amide bonds. The first kappa shape index (κ1) is 11.9. The molecule has 0 saturated heterocycles. The molecule has 0 unspecified atom stereocenters. The van der Waals surface area contributed by atoms with E-state index in [-0.39, 0.29) is 0 Å². The summed E-state index contributed by atoms with van der Waals surface area (Å²) in [6.07, 6.45) is 6.97. The summed E-state index contributed by atoms with van der Waals surface area (Å²) in [5.41, 5.74) is 1.30. The standard InChI is InChI=1S/C13H13N5S/c1-10-3-6-19-11(10)7-15-12-8-14-9-13(17-12)18-5-2-4-16-18/h2-6,8-9H,7H2,1H3,(H,15,17). The summed E-state index contributed by atoms with van der Waals surface area (Å²) in [5, 5.41) is 9.52. The molecule has 0 spiro atoms. The number of aryl methyl sites for hydroxylation is 1. The summed E-state index contributed by atoms with van der Waals surface area (Å²) >= 11 is 1.74. The van der Waals surface area contributed by atoms with E-state index in [2.05, 4.69) is 38.8 Å². The Morgan fingerprint density at radius 2 is 2.32 bits per heavy atom.